The van der Waals surface area contributed by atoms with Crippen LogP contribution in [0.5, 0.6) is 23.0 Å². The second-order valence-electron chi connectivity index (χ2n) is 7.03. The summed E-state index contributed by atoms with van der Waals surface area (Å²) >= 11 is 0. The number of anilines is 2. The van der Waals surface area contributed by atoms with Crippen LogP contribution in [0, 0.1) is 0 Å². The molecule has 4 nitrogen and oxygen atoms in total. The number of hydrogen-bond donors (Lipinski definition) is 2. The summed E-state index contributed by atoms with van der Waals surface area (Å²) in [5, 5.41) is 6.96. The van der Waals surface area contributed by atoms with Crippen LogP contribution in [-0.4, -0.2) is 13.1 Å². The Kier molecular flexibility index (Phi) is 7.05. The molecule has 0 fully saturated rings. The van der Waals surface area contributed by atoms with E-state index < -0.39 is 0 Å². The summed E-state index contributed by atoms with van der Waals surface area (Å²) in [6.07, 6.45) is 0.944. The number of hydrogen-bond acceptors (Lipinski definition) is 4. The van der Waals surface area contributed by atoms with Crippen molar-refractivity contribution in [2.24, 2.45) is 0 Å². The Morgan fingerprint density at radius 1 is 0.452 bits per heavy atom. The van der Waals surface area contributed by atoms with Gasteiger partial charge >= 0.3 is 0 Å². The van der Waals surface area contributed by atoms with E-state index in [9.17, 15) is 0 Å². The molecule has 31 heavy (non-hydrogen) atoms. The Balaban J connectivity index is 1.28. The molecule has 0 bridgehead atoms. The van der Waals surface area contributed by atoms with E-state index in [2.05, 4.69) is 10.6 Å². The average molecular weight is 411 g/mol. The molecule has 0 atom stereocenters. The molecule has 0 saturated carbocycles. The van der Waals surface area contributed by atoms with Gasteiger partial charge in [-0.3, -0.25) is 0 Å². The molecule has 0 aromatic heterocycles. The second kappa shape index (κ2) is 10.7. The van der Waals surface area contributed by atoms with Crippen LogP contribution in [0.15, 0.2) is 109 Å². The third-order valence-corrected chi connectivity index (χ3v) is 4.70. The minimum absolute atomic E-state index is 0.822. The van der Waals surface area contributed by atoms with Crippen LogP contribution < -0.4 is 20.1 Å². The van der Waals surface area contributed by atoms with Gasteiger partial charge in [0.15, 0.2) is 11.5 Å². The van der Waals surface area contributed by atoms with Crippen LogP contribution in [0.25, 0.3) is 0 Å². The van der Waals surface area contributed by atoms with Gasteiger partial charge in [-0.25, -0.2) is 0 Å². The minimum atomic E-state index is 0.822. The highest BCUT2D eigenvalue weighted by Gasteiger charge is 2.05. The highest BCUT2D eigenvalue weighted by atomic mass is 16.5. The maximum atomic E-state index is 6.01. The third kappa shape index (κ3) is 6.03. The van der Waals surface area contributed by atoms with E-state index in [0.717, 1.165) is 53.9 Å². The van der Waals surface area contributed by atoms with Crippen LogP contribution in [0.2, 0.25) is 0 Å². The van der Waals surface area contributed by atoms with Crippen LogP contribution in [0.3, 0.4) is 0 Å². The smallest absolute Gasteiger partial charge is 0.150 e. The molecular formula is C27H26N2O2. The van der Waals surface area contributed by atoms with Gasteiger partial charge in [-0.15, -0.1) is 0 Å². The number of ether oxygens (including phenoxy) is 2. The van der Waals surface area contributed by atoms with Crippen molar-refractivity contribution < 1.29 is 9.47 Å². The van der Waals surface area contributed by atoms with Gasteiger partial charge in [-0.1, -0.05) is 60.7 Å². The van der Waals surface area contributed by atoms with Crippen molar-refractivity contribution in [3.63, 3.8) is 0 Å². The number of benzene rings is 4. The first-order chi connectivity index (χ1) is 15.4. The van der Waals surface area contributed by atoms with Crippen molar-refractivity contribution in [1.29, 1.82) is 0 Å². The van der Waals surface area contributed by atoms with Crippen molar-refractivity contribution in [2.45, 2.75) is 6.42 Å². The molecule has 0 radical (unpaired) electrons. The van der Waals surface area contributed by atoms with Gasteiger partial charge in [0.1, 0.15) is 11.5 Å². The summed E-state index contributed by atoms with van der Waals surface area (Å²) in [7, 11) is 0. The molecule has 0 aliphatic heterocycles. The predicted molar refractivity (Wildman–Crippen MR) is 128 cm³/mol. The Bertz CT molecular complexity index is 982. The molecule has 2 N–H and O–H groups in total. The fraction of sp³-hybridized carbons (Fsp3) is 0.111. The largest absolute Gasteiger partial charge is 0.455 e. The lowest BCUT2D eigenvalue weighted by Gasteiger charge is -2.14. The standard InChI is InChI=1S/C27H26N2O2/c1-3-12-22(13-4-1)30-26-18-9-7-16-24(26)28-20-11-21-29-25-17-8-10-19-27(25)31-23-14-5-2-6-15-23/h1-10,12-19,28-29H,11,20-21H2. The van der Waals surface area contributed by atoms with Gasteiger partial charge in [0.05, 0.1) is 11.4 Å². The first-order valence-electron chi connectivity index (χ1n) is 10.5. The van der Waals surface area contributed by atoms with Crippen molar-refractivity contribution in [1.82, 2.24) is 0 Å². The number of rotatable bonds is 10. The van der Waals surface area contributed by atoms with Crippen molar-refractivity contribution in [3.8, 4) is 23.0 Å². The molecule has 0 amide bonds. The van der Waals surface area contributed by atoms with E-state index in [1.807, 2.05) is 109 Å². The molecule has 4 aromatic carbocycles. The Morgan fingerprint density at radius 2 is 0.839 bits per heavy atom. The molecule has 0 spiro atoms. The molecule has 0 aliphatic rings. The quantitative estimate of drug-likeness (QED) is 0.272. The Hall–Kier alpha value is -3.92. The summed E-state index contributed by atoms with van der Waals surface area (Å²) in [5.41, 5.74) is 1.97. The Labute approximate surface area is 183 Å². The fourth-order valence-corrected chi connectivity index (χ4v) is 3.17. The molecule has 0 saturated heterocycles. The van der Waals surface area contributed by atoms with Gasteiger partial charge in [-0.2, -0.15) is 0 Å². The molecular weight excluding hydrogens is 384 g/mol. The fourth-order valence-electron chi connectivity index (χ4n) is 3.17. The van der Waals surface area contributed by atoms with Gasteiger partial charge in [-0.05, 0) is 55.0 Å². The molecule has 0 unspecified atom stereocenters. The molecule has 0 aliphatic carbocycles. The minimum Gasteiger partial charge on any atom is -0.455 e. The summed E-state index contributed by atoms with van der Waals surface area (Å²) < 4.78 is 12.0. The van der Waals surface area contributed by atoms with Crippen LogP contribution in [0.4, 0.5) is 11.4 Å². The predicted octanol–water partition coefficient (Wildman–Crippen LogP) is 7.19. The monoisotopic (exact) mass is 410 g/mol. The summed E-state index contributed by atoms with van der Waals surface area (Å²) in [6.45, 7) is 1.65. The summed E-state index contributed by atoms with van der Waals surface area (Å²) in [5.74, 6) is 3.30. The average Bonchev–Trinajstić information content (AvgIpc) is 2.82. The molecule has 4 rings (SSSR count). The molecule has 4 aromatic rings. The van der Waals surface area contributed by atoms with Gasteiger partial charge < -0.3 is 20.1 Å². The highest BCUT2D eigenvalue weighted by molar-refractivity contribution is 5.58. The maximum Gasteiger partial charge on any atom is 0.150 e. The van der Waals surface area contributed by atoms with Gasteiger partial charge in [0.2, 0.25) is 0 Å². The molecule has 4 heteroatoms. The van der Waals surface area contributed by atoms with E-state index in [-0.39, 0.29) is 0 Å². The number of para-hydroxylation sites is 6. The van der Waals surface area contributed by atoms with E-state index in [1.54, 1.807) is 0 Å². The zero-order chi connectivity index (χ0) is 21.1. The molecule has 0 heterocycles. The second-order valence-corrected chi connectivity index (χ2v) is 7.03. The van der Waals surface area contributed by atoms with Crippen LogP contribution >= 0.6 is 0 Å². The lowest BCUT2D eigenvalue weighted by atomic mass is 10.2. The van der Waals surface area contributed by atoms with E-state index in [4.69, 9.17) is 9.47 Å². The lowest BCUT2D eigenvalue weighted by Crippen LogP contribution is -2.10. The Morgan fingerprint density at radius 3 is 1.29 bits per heavy atom. The lowest BCUT2D eigenvalue weighted by molar-refractivity contribution is 0.484. The van der Waals surface area contributed by atoms with E-state index >= 15 is 0 Å². The first kappa shape index (κ1) is 20.4. The van der Waals surface area contributed by atoms with Crippen molar-refractivity contribution in [3.05, 3.63) is 109 Å². The zero-order valence-corrected chi connectivity index (χ0v) is 17.3. The SMILES string of the molecule is c1ccc(Oc2ccccc2NCCCNc2ccccc2Oc2ccccc2)cc1. The summed E-state index contributed by atoms with van der Waals surface area (Å²) in [4.78, 5) is 0. The molecule has 156 valence electrons. The topological polar surface area (TPSA) is 42.5 Å². The normalized spacial score (nSPS) is 10.3. The maximum absolute atomic E-state index is 6.01. The third-order valence-electron chi connectivity index (χ3n) is 4.70. The van der Waals surface area contributed by atoms with Gasteiger partial charge in [0.25, 0.3) is 0 Å². The van der Waals surface area contributed by atoms with E-state index in [0.29, 0.717) is 0 Å². The van der Waals surface area contributed by atoms with E-state index in [1.165, 1.54) is 0 Å². The number of nitrogens with one attached hydrogen (secondary N) is 2. The highest BCUT2D eigenvalue weighted by Crippen LogP contribution is 2.30. The summed E-state index contributed by atoms with van der Waals surface area (Å²) in [6, 6.07) is 35.7. The van der Waals surface area contributed by atoms with Crippen molar-refractivity contribution in [2.75, 3.05) is 23.7 Å². The van der Waals surface area contributed by atoms with Crippen molar-refractivity contribution >= 4 is 11.4 Å². The first-order valence-corrected chi connectivity index (χ1v) is 10.5. The van der Waals surface area contributed by atoms with Crippen LogP contribution in [-0.2, 0) is 0 Å². The zero-order valence-electron chi connectivity index (χ0n) is 17.3. The van der Waals surface area contributed by atoms with Crippen LogP contribution in [0.1, 0.15) is 6.42 Å². The van der Waals surface area contributed by atoms with Gasteiger partial charge in [0, 0.05) is 13.1 Å².